The molecular weight excluding hydrogens is 532 g/mol. The summed E-state index contributed by atoms with van der Waals surface area (Å²) in [7, 11) is 1.57. The van der Waals surface area contributed by atoms with Gasteiger partial charge in [-0.15, -0.1) is 0 Å². The molecule has 0 saturated carbocycles. The summed E-state index contributed by atoms with van der Waals surface area (Å²) >= 11 is 0. The maximum atomic E-state index is 13.3. The lowest BCUT2D eigenvalue weighted by Gasteiger charge is -2.30. The summed E-state index contributed by atoms with van der Waals surface area (Å²) in [5.41, 5.74) is 0.985. The Bertz CT molecular complexity index is 1180. The third-order valence-electron chi connectivity index (χ3n) is 6.04. The van der Waals surface area contributed by atoms with Crippen molar-refractivity contribution >= 4 is 18.3 Å². The molecule has 3 rings (SSSR count). The first kappa shape index (κ1) is 31.6. The van der Waals surface area contributed by atoms with Crippen molar-refractivity contribution in [1.82, 2.24) is 20.4 Å². The number of carbonyl (C=O) groups is 3. The topological polar surface area (TPSA) is 141 Å². The predicted octanol–water partition coefficient (Wildman–Crippen LogP) is 4.55. The molecule has 1 aliphatic rings. The highest BCUT2D eigenvalue weighted by Gasteiger charge is 2.50. The number of nitrogens with one attached hydrogen (secondary N) is 2. The molecule has 1 fully saturated rings. The minimum atomic E-state index is -1.01. The summed E-state index contributed by atoms with van der Waals surface area (Å²) in [6.45, 7) is 12.5. The van der Waals surface area contributed by atoms with E-state index < -0.39 is 47.8 Å². The first-order chi connectivity index (χ1) is 19.1. The quantitative estimate of drug-likeness (QED) is 0.343. The summed E-state index contributed by atoms with van der Waals surface area (Å²) in [6, 6.07) is 8.50. The standard InChI is InChI=1S/C29H42N4O8/c1-18-15-20(32-31-18)13-14-30-25(34)39-24-22(16-19-9-11-21(37-8)12-10-19)33(26(35)40-28(2,3)4)17-23(24)38-27(36)41-29(5,6)7/h9-12,15,22-24H,13-14,16-17H2,1-8H3,(H,30,34)(H,31,32)/t22-,23+,24+/m1/s1. The molecule has 0 aliphatic carbocycles. The van der Waals surface area contributed by atoms with Crippen LogP contribution in [0.25, 0.3) is 0 Å². The Balaban J connectivity index is 1.85. The Kier molecular flexibility index (Phi) is 10.1. The zero-order chi connectivity index (χ0) is 30.4. The van der Waals surface area contributed by atoms with Gasteiger partial charge in [0.2, 0.25) is 0 Å². The largest absolute Gasteiger partial charge is 0.509 e. The van der Waals surface area contributed by atoms with Crippen LogP contribution in [0.1, 0.15) is 58.5 Å². The van der Waals surface area contributed by atoms with E-state index in [9.17, 15) is 14.4 Å². The summed E-state index contributed by atoms with van der Waals surface area (Å²) in [5.74, 6) is 0.676. The number of aryl methyl sites for hydroxylation is 1. The van der Waals surface area contributed by atoms with Gasteiger partial charge in [-0.05, 0) is 78.6 Å². The van der Waals surface area contributed by atoms with Crippen LogP contribution in [-0.4, -0.2) is 83.1 Å². The fourth-order valence-electron chi connectivity index (χ4n) is 4.34. The number of aromatic nitrogens is 2. The lowest BCUT2D eigenvalue weighted by molar-refractivity contribution is -0.0517. The normalized spacial score (nSPS) is 18.9. The average molecular weight is 575 g/mol. The maximum Gasteiger partial charge on any atom is 0.509 e. The van der Waals surface area contributed by atoms with Crippen LogP contribution in [0.15, 0.2) is 30.3 Å². The molecule has 12 nitrogen and oxygen atoms in total. The molecule has 226 valence electrons. The van der Waals surface area contributed by atoms with Gasteiger partial charge in [-0.25, -0.2) is 14.4 Å². The van der Waals surface area contributed by atoms with Gasteiger partial charge in [-0.3, -0.25) is 10.00 Å². The van der Waals surface area contributed by atoms with Crippen LogP contribution in [0.4, 0.5) is 14.4 Å². The zero-order valence-electron chi connectivity index (χ0n) is 25.1. The minimum absolute atomic E-state index is 0.0561. The third kappa shape index (κ3) is 9.87. The summed E-state index contributed by atoms with van der Waals surface area (Å²) < 4.78 is 27.8. The van der Waals surface area contributed by atoms with Crippen molar-refractivity contribution in [2.24, 2.45) is 0 Å². The van der Waals surface area contributed by atoms with Crippen LogP contribution >= 0.6 is 0 Å². The smallest absolute Gasteiger partial charge is 0.497 e. The molecule has 1 aliphatic heterocycles. The van der Waals surface area contributed by atoms with Crippen LogP contribution in [0.3, 0.4) is 0 Å². The Morgan fingerprint density at radius 3 is 2.24 bits per heavy atom. The van der Waals surface area contributed by atoms with Gasteiger partial charge in [-0.2, -0.15) is 5.10 Å². The van der Waals surface area contributed by atoms with Gasteiger partial charge in [0.15, 0.2) is 12.2 Å². The van der Waals surface area contributed by atoms with E-state index in [0.717, 1.165) is 17.0 Å². The highest BCUT2D eigenvalue weighted by molar-refractivity contribution is 5.71. The Hall–Kier alpha value is -3.96. The number of aromatic amines is 1. The molecule has 1 aromatic carbocycles. The van der Waals surface area contributed by atoms with E-state index in [2.05, 4.69) is 15.5 Å². The van der Waals surface area contributed by atoms with Crippen LogP contribution < -0.4 is 10.1 Å². The van der Waals surface area contributed by atoms with Crippen LogP contribution in [0, 0.1) is 6.92 Å². The molecule has 2 aromatic rings. The molecule has 0 spiro atoms. The second-order valence-electron chi connectivity index (χ2n) is 12.0. The van der Waals surface area contributed by atoms with Gasteiger partial charge in [0.25, 0.3) is 0 Å². The summed E-state index contributed by atoms with van der Waals surface area (Å²) in [6.07, 6.45) is -3.49. The van der Waals surface area contributed by atoms with Gasteiger partial charge < -0.3 is 29.0 Å². The lowest BCUT2D eigenvalue weighted by Crippen LogP contribution is -2.46. The molecule has 0 radical (unpaired) electrons. The van der Waals surface area contributed by atoms with E-state index in [-0.39, 0.29) is 13.1 Å². The van der Waals surface area contributed by atoms with Crippen molar-refractivity contribution in [1.29, 1.82) is 0 Å². The molecule has 2 heterocycles. The first-order valence-electron chi connectivity index (χ1n) is 13.6. The fraction of sp³-hybridized carbons (Fsp3) is 0.586. The number of carbonyl (C=O) groups excluding carboxylic acids is 3. The minimum Gasteiger partial charge on any atom is -0.497 e. The highest BCUT2D eigenvalue weighted by Crippen LogP contribution is 2.30. The number of likely N-dealkylation sites (tertiary alicyclic amines) is 1. The van der Waals surface area contributed by atoms with Crippen LogP contribution in [-0.2, 0) is 31.8 Å². The van der Waals surface area contributed by atoms with Gasteiger partial charge in [0.1, 0.15) is 17.0 Å². The number of alkyl carbamates (subject to hydrolysis) is 1. The summed E-state index contributed by atoms with van der Waals surface area (Å²) in [4.78, 5) is 40.4. The third-order valence-corrected chi connectivity index (χ3v) is 6.04. The number of hydrogen-bond donors (Lipinski definition) is 2. The van der Waals surface area contributed by atoms with Gasteiger partial charge in [-0.1, -0.05) is 12.1 Å². The van der Waals surface area contributed by atoms with E-state index in [4.69, 9.17) is 23.7 Å². The number of amides is 2. The predicted molar refractivity (Wildman–Crippen MR) is 150 cm³/mol. The number of rotatable bonds is 8. The van der Waals surface area contributed by atoms with Crippen LogP contribution in [0.5, 0.6) is 5.75 Å². The molecule has 1 aromatic heterocycles. The lowest BCUT2D eigenvalue weighted by atomic mass is 10.0. The first-order valence-corrected chi connectivity index (χ1v) is 13.6. The van der Waals surface area contributed by atoms with Gasteiger partial charge in [0, 0.05) is 18.7 Å². The van der Waals surface area contributed by atoms with Crippen molar-refractivity contribution in [3.63, 3.8) is 0 Å². The Morgan fingerprint density at radius 2 is 1.68 bits per heavy atom. The molecule has 0 unspecified atom stereocenters. The number of benzene rings is 1. The average Bonchev–Trinajstić information content (AvgIpc) is 3.40. The molecule has 41 heavy (non-hydrogen) atoms. The number of methoxy groups -OCH3 is 1. The van der Waals surface area contributed by atoms with E-state index in [1.54, 1.807) is 60.8 Å². The SMILES string of the molecule is COc1ccc(C[C@@H]2[C@H](OC(=O)NCCc3cc(C)[nH]n3)[C@@H](OC(=O)OC(C)(C)C)CN2C(=O)OC(C)(C)C)cc1. The van der Waals surface area contributed by atoms with Crippen molar-refractivity contribution < 1.29 is 38.1 Å². The Morgan fingerprint density at radius 1 is 1.02 bits per heavy atom. The van der Waals surface area contributed by atoms with E-state index in [1.165, 1.54) is 4.90 Å². The fourth-order valence-corrected chi connectivity index (χ4v) is 4.34. The second kappa shape index (κ2) is 13.1. The molecule has 0 bridgehead atoms. The van der Waals surface area contributed by atoms with Gasteiger partial charge >= 0.3 is 18.3 Å². The highest BCUT2D eigenvalue weighted by atomic mass is 16.7. The molecule has 2 N–H and O–H groups in total. The van der Waals surface area contributed by atoms with Crippen LogP contribution in [0.2, 0.25) is 0 Å². The monoisotopic (exact) mass is 574 g/mol. The molecule has 12 heteroatoms. The number of nitrogens with zero attached hydrogens (tertiary/aromatic N) is 2. The van der Waals surface area contributed by atoms with Gasteiger partial charge in [0.05, 0.1) is 25.4 Å². The maximum absolute atomic E-state index is 13.3. The summed E-state index contributed by atoms with van der Waals surface area (Å²) in [5, 5.41) is 9.75. The molecule has 2 amide bonds. The zero-order valence-corrected chi connectivity index (χ0v) is 25.1. The van der Waals surface area contributed by atoms with E-state index in [1.807, 2.05) is 25.1 Å². The number of H-pyrrole nitrogens is 1. The Labute approximate surface area is 241 Å². The van der Waals surface area contributed by atoms with E-state index >= 15 is 0 Å². The van der Waals surface area contributed by atoms with Crippen molar-refractivity contribution in [3.05, 3.63) is 47.3 Å². The molecule has 3 atom stereocenters. The van der Waals surface area contributed by atoms with E-state index in [0.29, 0.717) is 18.6 Å². The molecular formula is C29H42N4O8. The number of ether oxygens (including phenoxy) is 5. The van der Waals surface area contributed by atoms with Crippen molar-refractivity contribution in [2.45, 2.75) is 90.8 Å². The number of hydrogen-bond acceptors (Lipinski definition) is 9. The van der Waals surface area contributed by atoms with Crippen molar-refractivity contribution in [3.8, 4) is 5.75 Å². The molecule has 1 saturated heterocycles. The van der Waals surface area contributed by atoms with Crippen molar-refractivity contribution in [2.75, 3.05) is 20.2 Å². The second-order valence-corrected chi connectivity index (χ2v) is 12.0.